The number of thioether (sulfide) groups is 1. The van der Waals surface area contributed by atoms with Gasteiger partial charge in [-0.15, -0.1) is 10.2 Å². The summed E-state index contributed by atoms with van der Waals surface area (Å²) in [4.78, 5) is 4.26. The molecule has 0 aliphatic rings. The number of hydrogen-bond acceptors (Lipinski definition) is 5. The van der Waals surface area contributed by atoms with Crippen LogP contribution < -0.4 is 5.84 Å². The Hall–Kier alpha value is -3.00. The SMILES string of the molecule is Nn1c(SCc2ccc(F)c3cccnc23)nnc1-c1ccccc1F. The molecule has 0 aliphatic carbocycles. The fraction of sp³-hybridized carbons (Fsp3) is 0.0556. The third-order valence-corrected chi connectivity index (χ3v) is 4.93. The van der Waals surface area contributed by atoms with Gasteiger partial charge in [-0.1, -0.05) is 30.0 Å². The molecule has 2 aromatic carbocycles. The summed E-state index contributed by atoms with van der Waals surface area (Å²) in [6.45, 7) is 0. The molecule has 0 saturated carbocycles. The van der Waals surface area contributed by atoms with Crippen molar-refractivity contribution in [1.82, 2.24) is 19.9 Å². The highest BCUT2D eigenvalue weighted by molar-refractivity contribution is 7.98. The molecule has 0 spiro atoms. The molecule has 2 N–H and O–H groups in total. The maximum atomic E-state index is 13.9. The van der Waals surface area contributed by atoms with E-state index in [0.717, 1.165) is 5.56 Å². The molecule has 8 heteroatoms. The van der Waals surface area contributed by atoms with Crippen molar-refractivity contribution >= 4 is 22.7 Å². The van der Waals surface area contributed by atoms with Gasteiger partial charge in [0.1, 0.15) is 11.6 Å². The Morgan fingerprint density at radius 3 is 2.65 bits per heavy atom. The van der Waals surface area contributed by atoms with Crippen molar-refractivity contribution in [2.45, 2.75) is 10.9 Å². The predicted octanol–water partition coefficient (Wildman–Crippen LogP) is 3.78. The molecule has 4 aromatic rings. The fourth-order valence-electron chi connectivity index (χ4n) is 2.66. The van der Waals surface area contributed by atoms with E-state index in [0.29, 0.717) is 21.8 Å². The van der Waals surface area contributed by atoms with Crippen LogP contribution in [0.2, 0.25) is 0 Å². The van der Waals surface area contributed by atoms with Crippen molar-refractivity contribution in [1.29, 1.82) is 0 Å². The molecule has 2 heterocycles. The number of rotatable bonds is 4. The number of hydrogen-bond donors (Lipinski definition) is 1. The average Bonchev–Trinajstić information content (AvgIpc) is 3.02. The first-order chi connectivity index (χ1) is 12.6. The highest BCUT2D eigenvalue weighted by Gasteiger charge is 2.16. The van der Waals surface area contributed by atoms with Crippen molar-refractivity contribution < 1.29 is 8.78 Å². The van der Waals surface area contributed by atoms with Gasteiger partial charge in [-0.3, -0.25) is 4.98 Å². The molecular weight excluding hydrogens is 356 g/mol. The van der Waals surface area contributed by atoms with E-state index in [1.807, 2.05) is 0 Å². The Labute approximate surface area is 151 Å². The minimum atomic E-state index is -0.420. The van der Waals surface area contributed by atoms with E-state index in [-0.39, 0.29) is 17.2 Å². The van der Waals surface area contributed by atoms with Crippen LogP contribution in [0.1, 0.15) is 5.56 Å². The van der Waals surface area contributed by atoms with Crippen LogP contribution in [0, 0.1) is 11.6 Å². The Morgan fingerprint density at radius 2 is 1.81 bits per heavy atom. The van der Waals surface area contributed by atoms with E-state index in [9.17, 15) is 8.78 Å². The molecule has 0 amide bonds. The maximum Gasteiger partial charge on any atom is 0.210 e. The number of aromatic nitrogens is 4. The Balaban J connectivity index is 1.62. The summed E-state index contributed by atoms with van der Waals surface area (Å²) in [5, 5.41) is 8.91. The van der Waals surface area contributed by atoms with Crippen LogP contribution in [0.3, 0.4) is 0 Å². The van der Waals surface area contributed by atoms with E-state index in [1.54, 1.807) is 42.6 Å². The first-order valence-electron chi connectivity index (χ1n) is 7.75. The maximum absolute atomic E-state index is 13.9. The van der Waals surface area contributed by atoms with Gasteiger partial charge in [0.05, 0.1) is 11.1 Å². The van der Waals surface area contributed by atoms with Crippen molar-refractivity contribution in [3.05, 3.63) is 71.9 Å². The van der Waals surface area contributed by atoms with E-state index >= 15 is 0 Å². The van der Waals surface area contributed by atoms with Gasteiger partial charge in [-0.2, -0.15) is 0 Å². The smallest absolute Gasteiger partial charge is 0.210 e. The minimum Gasteiger partial charge on any atom is -0.335 e. The van der Waals surface area contributed by atoms with E-state index in [2.05, 4.69) is 15.2 Å². The van der Waals surface area contributed by atoms with E-state index in [4.69, 9.17) is 5.84 Å². The molecule has 5 nitrogen and oxygen atoms in total. The quantitative estimate of drug-likeness (QED) is 0.438. The third-order valence-electron chi connectivity index (χ3n) is 3.94. The van der Waals surface area contributed by atoms with Gasteiger partial charge >= 0.3 is 0 Å². The highest BCUT2D eigenvalue weighted by Crippen LogP contribution is 2.28. The van der Waals surface area contributed by atoms with Gasteiger partial charge in [-0.25, -0.2) is 13.5 Å². The zero-order valence-corrected chi connectivity index (χ0v) is 14.3. The first kappa shape index (κ1) is 16.5. The summed E-state index contributed by atoms with van der Waals surface area (Å²) < 4.78 is 29.1. The molecule has 0 atom stereocenters. The molecule has 130 valence electrons. The standard InChI is InChI=1S/C18H13F2N5S/c19-14-6-2-1-4-13(14)17-23-24-18(25(17)21)26-10-11-7-8-15(20)12-5-3-9-22-16(11)12/h1-9H,10,21H2. The average molecular weight is 369 g/mol. The zero-order chi connectivity index (χ0) is 18.1. The first-order valence-corrected chi connectivity index (χ1v) is 8.74. The van der Waals surface area contributed by atoms with Gasteiger partial charge in [0.15, 0.2) is 5.82 Å². The van der Waals surface area contributed by atoms with Crippen LogP contribution in [-0.2, 0) is 5.75 Å². The summed E-state index contributed by atoms with van der Waals surface area (Å²) >= 11 is 1.32. The lowest BCUT2D eigenvalue weighted by molar-refractivity contribution is 0.629. The second-order valence-corrected chi connectivity index (χ2v) is 6.49. The molecule has 0 radical (unpaired) electrons. The Bertz CT molecular complexity index is 1100. The molecule has 0 aliphatic heterocycles. The van der Waals surface area contributed by atoms with Crippen molar-refractivity contribution in [2.75, 3.05) is 5.84 Å². The topological polar surface area (TPSA) is 69.6 Å². The Morgan fingerprint density at radius 1 is 0.962 bits per heavy atom. The molecule has 0 bridgehead atoms. The number of nitrogen functional groups attached to an aromatic ring is 1. The molecule has 4 rings (SSSR count). The van der Waals surface area contributed by atoms with Crippen LogP contribution in [0.5, 0.6) is 0 Å². The van der Waals surface area contributed by atoms with Crippen molar-refractivity contribution in [3.63, 3.8) is 0 Å². The summed E-state index contributed by atoms with van der Waals surface area (Å²) in [7, 11) is 0. The number of pyridine rings is 1. The molecule has 0 saturated heterocycles. The summed E-state index contributed by atoms with van der Waals surface area (Å²) in [6.07, 6.45) is 1.62. The van der Waals surface area contributed by atoms with E-state index < -0.39 is 5.82 Å². The van der Waals surface area contributed by atoms with Crippen LogP contribution in [0.15, 0.2) is 59.9 Å². The summed E-state index contributed by atoms with van der Waals surface area (Å²) in [5.74, 6) is 6.02. The molecule has 0 fully saturated rings. The predicted molar refractivity (Wildman–Crippen MR) is 96.8 cm³/mol. The van der Waals surface area contributed by atoms with Crippen molar-refractivity contribution in [3.8, 4) is 11.4 Å². The molecular formula is C18H13F2N5S. The second-order valence-electron chi connectivity index (χ2n) is 5.55. The lowest BCUT2D eigenvalue weighted by atomic mass is 10.1. The van der Waals surface area contributed by atoms with Crippen LogP contribution in [0.4, 0.5) is 8.78 Å². The number of nitrogens with two attached hydrogens (primary N) is 1. The molecule has 0 unspecified atom stereocenters. The minimum absolute atomic E-state index is 0.243. The third kappa shape index (κ3) is 2.88. The van der Waals surface area contributed by atoms with Crippen LogP contribution in [0.25, 0.3) is 22.3 Å². The van der Waals surface area contributed by atoms with Crippen LogP contribution >= 0.6 is 11.8 Å². The number of halogens is 2. The van der Waals surface area contributed by atoms with E-state index in [1.165, 1.54) is 28.6 Å². The second kappa shape index (κ2) is 6.72. The van der Waals surface area contributed by atoms with Gasteiger partial charge in [-0.05, 0) is 35.9 Å². The van der Waals surface area contributed by atoms with Gasteiger partial charge in [0.2, 0.25) is 5.16 Å². The fourth-order valence-corrected chi connectivity index (χ4v) is 3.50. The van der Waals surface area contributed by atoms with Crippen molar-refractivity contribution in [2.24, 2.45) is 0 Å². The normalized spacial score (nSPS) is 11.2. The summed E-state index contributed by atoms with van der Waals surface area (Å²) in [6, 6.07) is 12.7. The number of fused-ring (bicyclic) bond motifs is 1. The lowest BCUT2D eigenvalue weighted by Crippen LogP contribution is -2.12. The Kier molecular flexibility index (Phi) is 4.26. The zero-order valence-electron chi connectivity index (χ0n) is 13.4. The largest absolute Gasteiger partial charge is 0.335 e. The number of nitrogens with zero attached hydrogens (tertiary/aromatic N) is 4. The van der Waals surface area contributed by atoms with Crippen LogP contribution in [-0.4, -0.2) is 19.9 Å². The number of benzene rings is 2. The molecule has 2 aromatic heterocycles. The summed E-state index contributed by atoms with van der Waals surface area (Å²) in [5.41, 5.74) is 1.73. The molecule has 26 heavy (non-hydrogen) atoms. The van der Waals surface area contributed by atoms with Gasteiger partial charge in [0.25, 0.3) is 0 Å². The van der Waals surface area contributed by atoms with Gasteiger partial charge in [0, 0.05) is 17.3 Å². The highest BCUT2D eigenvalue weighted by atomic mass is 32.2. The lowest BCUT2D eigenvalue weighted by Gasteiger charge is -2.07. The van der Waals surface area contributed by atoms with Gasteiger partial charge < -0.3 is 5.84 Å². The monoisotopic (exact) mass is 369 g/mol.